The Morgan fingerprint density at radius 1 is 0.945 bits per heavy atom. The molecule has 1 saturated heterocycles. The molecule has 1 saturated carbocycles. The smallest absolute Gasteiger partial charge is 0.388 e. The molecule has 5 aromatic rings. The average Bonchev–Trinajstić information content (AvgIpc) is 3.90. The number of hydrogen-bond acceptors (Lipinski definition) is 10. The Bertz CT molecular complexity index is 2190. The van der Waals surface area contributed by atoms with Crippen molar-refractivity contribution < 1.29 is 36.6 Å². The van der Waals surface area contributed by atoms with Gasteiger partial charge in [-0.15, -0.1) is 0 Å². The van der Waals surface area contributed by atoms with E-state index in [1.165, 1.54) is 6.33 Å². The zero-order chi connectivity index (χ0) is 38.9. The van der Waals surface area contributed by atoms with Gasteiger partial charge in [-0.1, -0.05) is 67.6 Å². The molecule has 290 valence electrons. The lowest BCUT2D eigenvalue weighted by Crippen LogP contribution is -2.42. The number of nitrogens with zero attached hydrogens (tertiary/aromatic N) is 5. The lowest BCUT2D eigenvalue weighted by atomic mass is 9.91. The zero-order valence-electron chi connectivity index (χ0n) is 29.8. The van der Waals surface area contributed by atoms with Crippen LogP contribution in [-0.4, -0.2) is 88.0 Å². The fourth-order valence-corrected chi connectivity index (χ4v) is 8.56. The van der Waals surface area contributed by atoms with E-state index in [0.717, 1.165) is 35.4 Å². The number of carbonyl (C=O) groups is 1. The second kappa shape index (κ2) is 15.6. The van der Waals surface area contributed by atoms with Crippen LogP contribution in [0.25, 0.3) is 11.2 Å². The normalized spacial score (nSPS) is 21.7. The van der Waals surface area contributed by atoms with E-state index >= 15 is 0 Å². The van der Waals surface area contributed by atoms with Gasteiger partial charge >= 0.3 is 6.18 Å². The van der Waals surface area contributed by atoms with Crippen molar-refractivity contribution in [3.05, 3.63) is 108 Å². The number of nitrogens with one attached hydrogen (secondary N) is 3. The van der Waals surface area contributed by atoms with Crippen LogP contribution in [0.1, 0.15) is 54.8 Å². The third-order valence-electron chi connectivity index (χ3n) is 10.2. The van der Waals surface area contributed by atoms with E-state index < -0.39 is 52.1 Å². The number of sulfonamides is 1. The molecule has 2 aromatic heterocycles. The molecule has 1 aliphatic heterocycles. The molecule has 2 aliphatic rings. The Morgan fingerprint density at radius 2 is 1.60 bits per heavy atom. The molecule has 55 heavy (non-hydrogen) atoms. The van der Waals surface area contributed by atoms with Gasteiger partial charge in [0.1, 0.15) is 12.2 Å². The van der Waals surface area contributed by atoms with Crippen LogP contribution in [0.15, 0.2) is 96.2 Å². The van der Waals surface area contributed by atoms with E-state index in [2.05, 4.69) is 20.3 Å². The lowest BCUT2D eigenvalue weighted by Gasteiger charge is -2.22. The molecule has 3 aromatic carbocycles. The van der Waals surface area contributed by atoms with Crippen molar-refractivity contribution in [2.75, 3.05) is 29.9 Å². The number of halogens is 3. The van der Waals surface area contributed by atoms with Crippen molar-refractivity contribution in [3.63, 3.8) is 0 Å². The van der Waals surface area contributed by atoms with Crippen LogP contribution in [0, 0.1) is 0 Å². The fourth-order valence-electron chi connectivity index (χ4n) is 7.29. The predicted molar refractivity (Wildman–Crippen MR) is 199 cm³/mol. The average molecular weight is 779 g/mol. The molecule has 17 heteroatoms. The summed E-state index contributed by atoms with van der Waals surface area (Å²) in [5.74, 6) is 0.317. The zero-order valence-corrected chi connectivity index (χ0v) is 30.6. The number of alkyl halides is 3. The summed E-state index contributed by atoms with van der Waals surface area (Å²) in [5, 5.41) is 28.3. The highest BCUT2D eigenvalue weighted by molar-refractivity contribution is 7.89. The van der Waals surface area contributed by atoms with Gasteiger partial charge < -0.3 is 30.3 Å². The first-order chi connectivity index (χ1) is 26.3. The Balaban J connectivity index is 1.19. The minimum Gasteiger partial charge on any atom is -0.388 e. The topological polar surface area (TPSA) is 175 Å². The van der Waals surface area contributed by atoms with Crippen LogP contribution in [0.2, 0.25) is 0 Å². The molecular formula is C38H41F3N8O5S. The van der Waals surface area contributed by atoms with Gasteiger partial charge in [0.2, 0.25) is 21.9 Å². The Kier molecular flexibility index (Phi) is 10.8. The van der Waals surface area contributed by atoms with Crippen LogP contribution >= 0.6 is 0 Å². The van der Waals surface area contributed by atoms with Gasteiger partial charge in [0.25, 0.3) is 0 Å². The van der Waals surface area contributed by atoms with Gasteiger partial charge in [-0.2, -0.15) is 23.1 Å². The SMILES string of the molecule is CCC(=O)N[C@H]1C[C@@H](n2cnc3c(NCC(c4ccccc4)c4ccccc4)nc(N4CC[C@@H](NS(=O)(=O)c5ccc(C(F)(F)F)cc5)C4)nc32)[C@H](O)[C@@H]1O. The summed E-state index contributed by atoms with van der Waals surface area (Å²) < 4.78 is 69.9. The van der Waals surface area contributed by atoms with Crippen LogP contribution in [0.5, 0.6) is 0 Å². The summed E-state index contributed by atoms with van der Waals surface area (Å²) in [6, 6.07) is 21.3. The van der Waals surface area contributed by atoms with Crippen LogP contribution in [-0.2, 0) is 21.0 Å². The number of aromatic nitrogens is 4. The summed E-state index contributed by atoms with van der Waals surface area (Å²) >= 11 is 0. The molecular weight excluding hydrogens is 738 g/mol. The van der Waals surface area contributed by atoms with Crippen molar-refractivity contribution in [3.8, 4) is 0 Å². The van der Waals surface area contributed by atoms with E-state index in [9.17, 15) is 36.6 Å². The maximum atomic E-state index is 13.2. The molecule has 1 aliphatic carbocycles. The molecule has 0 radical (unpaired) electrons. The first-order valence-electron chi connectivity index (χ1n) is 18.0. The van der Waals surface area contributed by atoms with E-state index in [0.29, 0.717) is 36.5 Å². The molecule has 5 atom stereocenters. The van der Waals surface area contributed by atoms with Crippen LogP contribution in [0.3, 0.4) is 0 Å². The number of fused-ring (bicyclic) bond motifs is 1. The van der Waals surface area contributed by atoms with Gasteiger partial charge in [0.05, 0.1) is 28.9 Å². The Morgan fingerprint density at radius 3 is 2.22 bits per heavy atom. The minimum atomic E-state index is -4.60. The van der Waals surface area contributed by atoms with Crippen LogP contribution in [0.4, 0.5) is 24.9 Å². The monoisotopic (exact) mass is 778 g/mol. The van der Waals surface area contributed by atoms with Crippen molar-refractivity contribution in [2.24, 2.45) is 0 Å². The maximum Gasteiger partial charge on any atom is 0.416 e. The van der Waals surface area contributed by atoms with Crippen molar-refractivity contribution >= 4 is 38.9 Å². The number of hydrogen-bond donors (Lipinski definition) is 5. The molecule has 13 nitrogen and oxygen atoms in total. The predicted octanol–water partition coefficient (Wildman–Crippen LogP) is 4.21. The third kappa shape index (κ3) is 8.15. The quantitative estimate of drug-likeness (QED) is 0.124. The second-order valence-corrected chi connectivity index (χ2v) is 15.6. The Hall–Kier alpha value is -5.10. The molecule has 0 bridgehead atoms. The first-order valence-corrected chi connectivity index (χ1v) is 19.5. The first kappa shape index (κ1) is 38.2. The van der Waals surface area contributed by atoms with Crippen molar-refractivity contribution in [2.45, 2.75) is 73.5 Å². The van der Waals surface area contributed by atoms with Gasteiger partial charge in [0, 0.05) is 38.0 Å². The minimum absolute atomic E-state index is 0.0801. The van der Waals surface area contributed by atoms with Gasteiger partial charge in [0.15, 0.2) is 17.0 Å². The van der Waals surface area contributed by atoms with Crippen molar-refractivity contribution in [1.29, 1.82) is 0 Å². The standard InChI is InChI=1S/C38H41F3N8O5S/c1-2-31(50)44-29-19-30(34(52)33(29)51)49-22-43-32-35(42-20-28(23-9-5-3-6-10-23)24-11-7-4-8-12-24)45-37(46-36(32)49)48-18-17-26(21-48)47-55(53,54)27-15-13-25(14-16-27)38(39,40)41/h3-16,22,26,28-30,33-34,47,51-52H,2,17-21H2,1H3,(H,44,50)(H,42,45,46)/t26-,29+,30-,33-,34+/m1/s1. The third-order valence-corrected chi connectivity index (χ3v) is 11.8. The summed E-state index contributed by atoms with van der Waals surface area (Å²) in [7, 11) is -4.15. The summed E-state index contributed by atoms with van der Waals surface area (Å²) in [6.45, 7) is 2.62. The van der Waals surface area contributed by atoms with Crippen molar-refractivity contribution in [1.82, 2.24) is 29.6 Å². The van der Waals surface area contributed by atoms with E-state index in [1.807, 2.05) is 60.7 Å². The van der Waals surface area contributed by atoms with Gasteiger partial charge in [-0.3, -0.25) is 4.79 Å². The highest BCUT2D eigenvalue weighted by Gasteiger charge is 2.44. The summed E-state index contributed by atoms with van der Waals surface area (Å²) in [4.78, 5) is 28.1. The number of rotatable bonds is 12. The Labute approximate surface area is 315 Å². The molecule has 0 unspecified atom stereocenters. The molecule has 2 fully saturated rings. The summed E-state index contributed by atoms with van der Waals surface area (Å²) in [5.41, 5.74) is 1.96. The number of aliphatic hydroxyl groups excluding tert-OH is 2. The number of aliphatic hydroxyl groups is 2. The van der Waals surface area contributed by atoms with E-state index in [-0.39, 0.29) is 42.1 Å². The largest absolute Gasteiger partial charge is 0.416 e. The molecule has 0 spiro atoms. The fraction of sp³-hybridized carbons (Fsp3) is 0.368. The molecule has 1 amide bonds. The number of amides is 1. The molecule has 7 rings (SSSR count). The molecule has 5 N–H and O–H groups in total. The van der Waals surface area contributed by atoms with E-state index in [4.69, 9.17) is 9.97 Å². The van der Waals surface area contributed by atoms with Gasteiger partial charge in [-0.25, -0.2) is 18.1 Å². The highest BCUT2D eigenvalue weighted by atomic mass is 32.2. The maximum absolute atomic E-state index is 13.2. The number of benzene rings is 3. The van der Waals surface area contributed by atoms with Gasteiger partial charge in [-0.05, 0) is 48.2 Å². The lowest BCUT2D eigenvalue weighted by molar-refractivity contribution is -0.137. The number of imidazole rings is 1. The number of anilines is 2. The number of carbonyl (C=O) groups excluding carboxylic acids is 1. The highest BCUT2D eigenvalue weighted by Crippen LogP contribution is 2.36. The van der Waals surface area contributed by atoms with E-state index in [1.54, 1.807) is 16.4 Å². The molecule has 3 heterocycles. The second-order valence-electron chi connectivity index (χ2n) is 13.8. The summed E-state index contributed by atoms with van der Waals surface area (Å²) in [6.07, 6.45) is -4.76. The van der Waals surface area contributed by atoms with Crippen LogP contribution < -0.4 is 20.3 Å².